The first-order valence-electron chi connectivity index (χ1n) is 8.54. The standard InChI is InChI=1S/C20H21N5/c1-16(17-5-7-19(8-6-17)25-13-11-21-15-25)22-10-9-18-14-24-12-3-2-4-20(24)23-18/h2-8,11-16,22H,9-10H2,1H3/t16-/m1/s1. The molecule has 0 aliphatic rings. The average Bonchev–Trinajstić information content (AvgIpc) is 3.31. The molecule has 0 aliphatic carbocycles. The van der Waals surface area contributed by atoms with E-state index in [1.807, 2.05) is 41.5 Å². The predicted octanol–water partition coefficient (Wildman–Crippen LogP) is 3.41. The Bertz CT molecular complexity index is 905. The monoisotopic (exact) mass is 331 g/mol. The second-order valence-corrected chi connectivity index (χ2v) is 6.19. The quantitative estimate of drug-likeness (QED) is 0.589. The van der Waals surface area contributed by atoms with Crippen LogP contribution in [0.3, 0.4) is 0 Å². The van der Waals surface area contributed by atoms with Gasteiger partial charge in [0, 0.05) is 49.5 Å². The summed E-state index contributed by atoms with van der Waals surface area (Å²) in [5.41, 5.74) is 4.51. The lowest BCUT2D eigenvalue weighted by Gasteiger charge is -2.14. The third kappa shape index (κ3) is 3.46. The molecule has 0 spiro atoms. The van der Waals surface area contributed by atoms with Gasteiger partial charge in [-0.3, -0.25) is 0 Å². The molecule has 4 aromatic rings. The van der Waals surface area contributed by atoms with E-state index in [1.54, 1.807) is 6.20 Å². The number of aromatic nitrogens is 4. The van der Waals surface area contributed by atoms with E-state index in [4.69, 9.17) is 0 Å². The molecule has 0 fully saturated rings. The molecule has 5 heteroatoms. The fourth-order valence-electron chi connectivity index (χ4n) is 2.99. The van der Waals surface area contributed by atoms with Crippen LogP contribution in [0, 0.1) is 0 Å². The van der Waals surface area contributed by atoms with Crippen LogP contribution >= 0.6 is 0 Å². The van der Waals surface area contributed by atoms with Crippen LogP contribution < -0.4 is 5.32 Å². The minimum absolute atomic E-state index is 0.300. The number of benzene rings is 1. The summed E-state index contributed by atoms with van der Waals surface area (Å²) in [6, 6.07) is 14.9. The minimum atomic E-state index is 0.300. The first-order valence-corrected chi connectivity index (χ1v) is 8.54. The van der Waals surface area contributed by atoms with Crippen molar-refractivity contribution in [3.05, 3.63) is 84.8 Å². The van der Waals surface area contributed by atoms with Gasteiger partial charge < -0.3 is 14.3 Å². The summed E-state index contributed by atoms with van der Waals surface area (Å²) in [4.78, 5) is 8.72. The normalized spacial score (nSPS) is 12.5. The van der Waals surface area contributed by atoms with Gasteiger partial charge in [0.05, 0.1) is 12.0 Å². The van der Waals surface area contributed by atoms with Crippen LogP contribution in [0.25, 0.3) is 11.3 Å². The van der Waals surface area contributed by atoms with Crippen molar-refractivity contribution in [2.24, 2.45) is 0 Å². The van der Waals surface area contributed by atoms with Gasteiger partial charge in [-0.25, -0.2) is 9.97 Å². The first kappa shape index (κ1) is 15.6. The molecule has 5 nitrogen and oxygen atoms in total. The zero-order valence-electron chi connectivity index (χ0n) is 14.2. The SMILES string of the molecule is C[C@@H](NCCc1cn2ccccc2n1)c1ccc(-n2ccnc2)cc1. The number of hydrogen-bond acceptors (Lipinski definition) is 3. The van der Waals surface area contributed by atoms with Crippen LogP contribution in [0.15, 0.2) is 73.6 Å². The smallest absolute Gasteiger partial charge is 0.136 e. The highest BCUT2D eigenvalue weighted by atomic mass is 15.0. The molecule has 1 atom stereocenters. The number of imidazole rings is 2. The van der Waals surface area contributed by atoms with Crippen molar-refractivity contribution < 1.29 is 0 Å². The molecule has 25 heavy (non-hydrogen) atoms. The van der Waals surface area contributed by atoms with Crippen molar-refractivity contribution in [1.82, 2.24) is 24.3 Å². The van der Waals surface area contributed by atoms with Crippen molar-refractivity contribution in [3.63, 3.8) is 0 Å². The van der Waals surface area contributed by atoms with Crippen molar-refractivity contribution in [2.45, 2.75) is 19.4 Å². The molecule has 3 heterocycles. The van der Waals surface area contributed by atoms with Gasteiger partial charge in [-0.1, -0.05) is 18.2 Å². The molecule has 0 saturated heterocycles. The molecule has 3 aromatic heterocycles. The molecular formula is C20H21N5. The predicted molar refractivity (Wildman–Crippen MR) is 98.9 cm³/mol. The molecule has 0 aliphatic heterocycles. The van der Waals surface area contributed by atoms with Gasteiger partial charge in [-0.05, 0) is 36.8 Å². The molecule has 0 saturated carbocycles. The lowest BCUT2D eigenvalue weighted by molar-refractivity contribution is 0.574. The number of rotatable bonds is 6. The number of nitrogens with zero attached hydrogens (tertiary/aromatic N) is 4. The summed E-state index contributed by atoms with van der Waals surface area (Å²) in [5, 5.41) is 3.58. The maximum absolute atomic E-state index is 4.64. The van der Waals surface area contributed by atoms with E-state index in [2.05, 4.69) is 57.1 Å². The fraction of sp³-hybridized carbons (Fsp3) is 0.200. The van der Waals surface area contributed by atoms with Crippen LogP contribution in [0.5, 0.6) is 0 Å². The van der Waals surface area contributed by atoms with Crippen molar-refractivity contribution >= 4 is 5.65 Å². The zero-order chi connectivity index (χ0) is 17.1. The Morgan fingerprint density at radius 3 is 2.72 bits per heavy atom. The summed E-state index contributed by atoms with van der Waals surface area (Å²) in [6.45, 7) is 3.09. The molecular weight excluding hydrogens is 310 g/mol. The lowest BCUT2D eigenvalue weighted by atomic mass is 10.1. The summed E-state index contributed by atoms with van der Waals surface area (Å²) in [6.07, 6.45) is 10.6. The van der Waals surface area contributed by atoms with Crippen LogP contribution in [0.1, 0.15) is 24.2 Å². The van der Waals surface area contributed by atoms with Gasteiger partial charge in [0.1, 0.15) is 5.65 Å². The van der Waals surface area contributed by atoms with Crippen LogP contribution in [0.4, 0.5) is 0 Å². The Balaban J connectivity index is 1.34. The van der Waals surface area contributed by atoms with E-state index in [0.717, 1.165) is 30.0 Å². The molecule has 0 bridgehead atoms. The second-order valence-electron chi connectivity index (χ2n) is 6.19. The van der Waals surface area contributed by atoms with E-state index in [0.29, 0.717) is 6.04 Å². The molecule has 4 rings (SSSR count). The van der Waals surface area contributed by atoms with Gasteiger partial charge in [0.15, 0.2) is 0 Å². The van der Waals surface area contributed by atoms with E-state index in [1.165, 1.54) is 5.56 Å². The van der Waals surface area contributed by atoms with Gasteiger partial charge in [0.2, 0.25) is 0 Å². The molecule has 0 radical (unpaired) electrons. The van der Waals surface area contributed by atoms with Gasteiger partial charge in [0.25, 0.3) is 0 Å². The largest absolute Gasteiger partial charge is 0.310 e. The summed E-state index contributed by atoms with van der Waals surface area (Å²) >= 11 is 0. The van der Waals surface area contributed by atoms with E-state index >= 15 is 0 Å². The zero-order valence-corrected chi connectivity index (χ0v) is 14.2. The molecule has 1 N–H and O–H groups in total. The Morgan fingerprint density at radius 2 is 1.96 bits per heavy atom. The third-order valence-electron chi connectivity index (χ3n) is 4.44. The summed E-state index contributed by atoms with van der Waals surface area (Å²) < 4.78 is 4.07. The molecule has 126 valence electrons. The minimum Gasteiger partial charge on any atom is -0.310 e. The highest BCUT2D eigenvalue weighted by Gasteiger charge is 2.06. The number of pyridine rings is 1. The first-order chi connectivity index (χ1) is 12.3. The fourth-order valence-corrected chi connectivity index (χ4v) is 2.99. The highest BCUT2D eigenvalue weighted by molar-refractivity contribution is 5.39. The van der Waals surface area contributed by atoms with Crippen molar-refractivity contribution in [1.29, 1.82) is 0 Å². The third-order valence-corrected chi connectivity index (χ3v) is 4.44. The van der Waals surface area contributed by atoms with Crippen molar-refractivity contribution in [2.75, 3.05) is 6.54 Å². The number of fused-ring (bicyclic) bond motifs is 1. The average molecular weight is 331 g/mol. The second kappa shape index (κ2) is 6.91. The van der Waals surface area contributed by atoms with E-state index in [9.17, 15) is 0 Å². The highest BCUT2D eigenvalue weighted by Crippen LogP contribution is 2.15. The summed E-state index contributed by atoms with van der Waals surface area (Å²) in [5.74, 6) is 0. The summed E-state index contributed by atoms with van der Waals surface area (Å²) in [7, 11) is 0. The lowest BCUT2D eigenvalue weighted by Crippen LogP contribution is -2.21. The van der Waals surface area contributed by atoms with Crippen LogP contribution in [-0.4, -0.2) is 25.5 Å². The number of nitrogens with one attached hydrogen (secondary N) is 1. The Kier molecular flexibility index (Phi) is 4.31. The van der Waals surface area contributed by atoms with Gasteiger partial charge in [-0.15, -0.1) is 0 Å². The Labute approximate surface area is 147 Å². The van der Waals surface area contributed by atoms with Crippen LogP contribution in [0.2, 0.25) is 0 Å². The Hall–Kier alpha value is -2.92. The molecule has 0 unspecified atom stereocenters. The van der Waals surface area contributed by atoms with Crippen molar-refractivity contribution in [3.8, 4) is 5.69 Å². The molecule has 0 amide bonds. The maximum atomic E-state index is 4.64. The maximum Gasteiger partial charge on any atom is 0.136 e. The van der Waals surface area contributed by atoms with Gasteiger partial charge in [-0.2, -0.15) is 0 Å². The van der Waals surface area contributed by atoms with E-state index < -0.39 is 0 Å². The molecule has 1 aromatic carbocycles. The van der Waals surface area contributed by atoms with E-state index in [-0.39, 0.29) is 0 Å². The Morgan fingerprint density at radius 1 is 1.08 bits per heavy atom. The van der Waals surface area contributed by atoms with Gasteiger partial charge >= 0.3 is 0 Å². The number of hydrogen-bond donors (Lipinski definition) is 1. The van der Waals surface area contributed by atoms with Crippen LogP contribution in [-0.2, 0) is 6.42 Å². The topological polar surface area (TPSA) is 47.1 Å².